The van der Waals surface area contributed by atoms with Gasteiger partial charge >= 0.3 is 0 Å². The number of aromatic nitrogens is 2. The SMILES string of the molecule is CCCCCCCCCCCCCCCCCCC1CC(=O)N(c2ccc3[nH]c(-c4ccccc4)c(NS(=O)(=O)c4cccc(NC(=O)c5cc(O)[nH]c(=O)c5)c4)c3c2)C1=O. The van der Waals surface area contributed by atoms with E-state index in [1.54, 1.807) is 18.2 Å². The minimum absolute atomic E-state index is 0.115. The van der Waals surface area contributed by atoms with E-state index in [0.717, 1.165) is 31.4 Å². The molecule has 0 radical (unpaired) electrons. The summed E-state index contributed by atoms with van der Waals surface area (Å²) >= 11 is 0. The van der Waals surface area contributed by atoms with E-state index in [1.165, 1.54) is 113 Å². The summed E-state index contributed by atoms with van der Waals surface area (Å²) < 4.78 is 30.9. The Morgan fingerprint density at radius 2 is 1.38 bits per heavy atom. The summed E-state index contributed by atoms with van der Waals surface area (Å²) in [5, 5.41) is 12.8. The van der Waals surface area contributed by atoms with Crippen molar-refractivity contribution < 1.29 is 27.9 Å². The van der Waals surface area contributed by atoms with Crippen LogP contribution in [0.1, 0.15) is 133 Å². The molecule has 1 unspecified atom stereocenters. The molecule has 3 amide bonds. The van der Waals surface area contributed by atoms with Crippen molar-refractivity contribution in [2.75, 3.05) is 14.9 Å². The lowest BCUT2D eigenvalue weighted by atomic mass is 9.98. The molecule has 1 fully saturated rings. The van der Waals surface area contributed by atoms with Crippen molar-refractivity contribution in [1.82, 2.24) is 9.97 Å². The number of carbonyl (C=O) groups is 3. The third-order valence-corrected chi connectivity index (χ3v) is 12.8. The molecule has 1 saturated heterocycles. The summed E-state index contributed by atoms with van der Waals surface area (Å²) in [4.78, 5) is 58.3. The first-order chi connectivity index (χ1) is 29.5. The number of carbonyl (C=O) groups excluding carboxylic acids is 3. The zero-order valence-electron chi connectivity index (χ0n) is 35.1. The number of aromatic hydroxyl groups is 1. The molecule has 5 N–H and O–H groups in total. The third kappa shape index (κ3) is 12.2. The first-order valence-electron chi connectivity index (χ1n) is 22.0. The van der Waals surface area contributed by atoms with Crippen molar-refractivity contribution in [3.8, 4) is 17.1 Å². The van der Waals surface area contributed by atoms with Crippen molar-refractivity contribution in [3.63, 3.8) is 0 Å². The smallest absolute Gasteiger partial charge is 0.262 e. The maximum absolute atomic E-state index is 14.1. The Labute approximate surface area is 358 Å². The molecule has 1 atom stereocenters. The number of H-pyrrole nitrogens is 2. The number of nitrogens with one attached hydrogen (secondary N) is 4. The largest absolute Gasteiger partial charge is 0.494 e. The number of hydrogen-bond donors (Lipinski definition) is 5. The number of fused-ring (bicyclic) bond motifs is 1. The van der Waals surface area contributed by atoms with Gasteiger partial charge in [-0.15, -0.1) is 0 Å². The van der Waals surface area contributed by atoms with E-state index in [1.807, 2.05) is 30.3 Å². The fourth-order valence-electron chi connectivity index (χ4n) is 8.17. The highest BCUT2D eigenvalue weighted by molar-refractivity contribution is 7.92. The Morgan fingerprint density at radius 3 is 2.02 bits per heavy atom. The molecule has 5 aromatic rings. The van der Waals surface area contributed by atoms with Crippen molar-refractivity contribution >= 4 is 55.7 Å². The maximum atomic E-state index is 14.1. The number of sulfonamides is 1. The first kappa shape index (κ1) is 44.9. The zero-order chi connectivity index (χ0) is 43.2. The Bertz CT molecular complexity index is 2440. The van der Waals surface area contributed by atoms with Gasteiger partial charge in [-0.1, -0.05) is 146 Å². The van der Waals surface area contributed by atoms with E-state index >= 15 is 0 Å². The van der Waals surface area contributed by atoms with Crippen molar-refractivity contribution in [1.29, 1.82) is 0 Å². The normalized spacial score (nSPS) is 14.2. The van der Waals surface area contributed by atoms with Gasteiger partial charge in [0.15, 0.2) is 5.88 Å². The number of aromatic amines is 2. The zero-order valence-corrected chi connectivity index (χ0v) is 36.0. The fraction of sp³-hybridized carbons (Fsp3) is 0.417. The van der Waals surface area contributed by atoms with Gasteiger partial charge in [-0.3, -0.25) is 33.8 Å². The Morgan fingerprint density at radius 1 is 0.738 bits per heavy atom. The Kier molecular flexibility index (Phi) is 16.0. The maximum Gasteiger partial charge on any atom is 0.262 e. The predicted octanol–water partition coefficient (Wildman–Crippen LogP) is 10.8. The molecule has 0 spiro atoms. The molecule has 6 rings (SSSR count). The number of benzene rings is 3. The van der Waals surface area contributed by atoms with Crippen LogP contribution in [0.4, 0.5) is 17.1 Å². The van der Waals surface area contributed by atoms with Crippen molar-refractivity contribution in [3.05, 3.63) is 101 Å². The van der Waals surface area contributed by atoms with E-state index in [2.05, 4.69) is 26.9 Å². The quantitative estimate of drug-likeness (QED) is 0.0302. The van der Waals surface area contributed by atoms with E-state index in [9.17, 15) is 32.7 Å². The first-order valence-corrected chi connectivity index (χ1v) is 23.5. The van der Waals surface area contributed by atoms with Gasteiger partial charge in [0, 0.05) is 46.6 Å². The van der Waals surface area contributed by atoms with Gasteiger partial charge in [-0.05, 0) is 42.8 Å². The second kappa shape index (κ2) is 21.7. The molecule has 3 aromatic carbocycles. The number of hydrogen-bond acceptors (Lipinski definition) is 7. The molecule has 1 aliphatic heterocycles. The molecule has 13 heteroatoms. The van der Waals surface area contributed by atoms with Gasteiger partial charge in [0.1, 0.15) is 0 Å². The van der Waals surface area contributed by atoms with Gasteiger partial charge < -0.3 is 15.4 Å². The molecule has 2 aromatic heterocycles. The Balaban J connectivity index is 1.07. The van der Waals surface area contributed by atoms with Crippen LogP contribution in [0.25, 0.3) is 22.2 Å². The number of pyridine rings is 1. The number of amides is 3. The van der Waals surface area contributed by atoms with Crippen molar-refractivity contribution in [2.45, 2.75) is 127 Å². The van der Waals surface area contributed by atoms with Crippen LogP contribution >= 0.6 is 0 Å². The van der Waals surface area contributed by atoms with Gasteiger partial charge in [-0.2, -0.15) is 0 Å². The summed E-state index contributed by atoms with van der Waals surface area (Å²) in [7, 11) is -4.30. The molecule has 1 aliphatic rings. The van der Waals surface area contributed by atoms with Gasteiger partial charge in [-0.25, -0.2) is 8.42 Å². The number of unbranched alkanes of at least 4 members (excludes halogenated alkanes) is 15. The summed E-state index contributed by atoms with van der Waals surface area (Å²) in [5.41, 5.74) is 1.71. The lowest BCUT2D eigenvalue weighted by Crippen LogP contribution is -2.30. The van der Waals surface area contributed by atoms with E-state index in [4.69, 9.17) is 0 Å². The molecule has 0 aliphatic carbocycles. The second-order valence-electron chi connectivity index (χ2n) is 16.2. The van der Waals surface area contributed by atoms with Gasteiger partial charge in [0.2, 0.25) is 11.8 Å². The summed E-state index contributed by atoms with van der Waals surface area (Å²) in [5.74, 6) is -2.11. The Hall–Kier alpha value is -5.69. The standard InChI is InChI=1S/C48H59N5O7S/c1-2-3-4-5-6-7-8-9-10-11-12-13-14-15-16-18-24-35-31-44(56)53(48(35)58)38-27-28-41-40(33-38)46(45(50-41)34-22-19-17-20-23-34)52-61(59,60)39-26-21-25-37(32-39)49-47(57)36-29-42(54)51-43(55)30-36/h17,19-23,25-30,32-33,35,50,52H,2-16,18,24,31H2,1H3,(H,49,57)(H2,51,54,55). The summed E-state index contributed by atoms with van der Waals surface area (Å²) in [6.07, 6.45) is 21.1. The number of anilines is 3. The predicted molar refractivity (Wildman–Crippen MR) is 242 cm³/mol. The monoisotopic (exact) mass is 849 g/mol. The lowest BCUT2D eigenvalue weighted by molar-refractivity contribution is -0.122. The summed E-state index contributed by atoms with van der Waals surface area (Å²) in [6, 6.07) is 22.0. The van der Waals surface area contributed by atoms with Crippen LogP contribution in [0.3, 0.4) is 0 Å². The second-order valence-corrected chi connectivity index (χ2v) is 17.9. The summed E-state index contributed by atoms with van der Waals surface area (Å²) in [6.45, 7) is 2.26. The minimum atomic E-state index is -4.30. The number of nitrogens with zero attached hydrogens (tertiary/aromatic N) is 1. The average Bonchev–Trinajstić information content (AvgIpc) is 3.74. The van der Waals surface area contributed by atoms with E-state index in [0.29, 0.717) is 34.3 Å². The molecule has 324 valence electrons. The van der Waals surface area contributed by atoms with Gasteiger partial charge in [0.25, 0.3) is 21.5 Å². The van der Waals surface area contributed by atoms with Crippen LogP contribution in [-0.2, 0) is 19.6 Å². The molecular formula is C48H59N5O7S. The highest BCUT2D eigenvalue weighted by Crippen LogP contribution is 2.40. The lowest BCUT2D eigenvalue weighted by Gasteiger charge is -2.16. The molecule has 12 nitrogen and oxygen atoms in total. The van der Waals surface area contributed by atoms with Crippen LogP contribution in [0.2, 0.25) is 0 Å². The number of rotatable bonds is 24. The molecule has 61 heavy (non-hydrogen) atoms. The van der Waals surface area contributed by atoms with Gasteiger partial charge in [0.05, 0.1) is 27.5 Å². The number of imide groups is 1. The molecular weight excluding hydrogens is 791 g/mol. The van der Waals surface area contributed by atoms with Crippen LogP contribution in [0.5, 0.6) is 5.88 Å². The molecule has 0 bridgehead atoms. The van der Waals surface area contributed by atoms with E-state index in [-0.39, 0.29) is 46.0 Å². The van der Waals surface area contributed by atoms with Crippen LogP contribution in [-0.4, -0.2) is 41.2 Å². The van der Waals surface area contributed by atoms with Crippen LogP contribution < -0.4 is 20.5 Å². The van der Waals surface area contributed by atoms with Crippen molar-refractivity contribution in [2.24, 2.45) is 5.92 Å². The van der Waals surface area contributed by atoms with Crippen LogP contribution in [0.15, 0.2) is 94.6 Å². The molecule has 3 heterocycles. The van der Waals surface area contributed by atoms with E-state index < -0.39 is 27.4 Å². The fourth-order valence-corrected chi connectivity index (χ4v) is 9.31. The topological polar surface area (TPSA) is 182 Å². The highest BCUT2D eigenvalue weighted by Gasteiger charge is 2.39. The average molecular weight is 850 g/mol. The highest BCUT2D eigenvalue weighted by atomic mass is 32.2. The molecule has 0 saturated carbocycles. The minimum Gasteiger partial charge on any atom is -0.494 e. The van der Waals surface area contributed by atoms with Crippen LogP contribution in [0, 0.1) is 5.92 Å². The third-order valence-electron chi connectivity index (χ3n) is 11.5.